The van der Waals surface area contributed by atoms with Gasteiger partial charge in [-0.3, -0.25) is 14.9 Å². The topological polar surface area (TPSA) is 106 Å². The van der Waals surface area contributed by atoms with Gasteiger partial charge in [-0.2, -0.15) is 0 Å². The Morgan fingerprint density at radius 3 is 2.66 bits per heavy atom. The number of hydrogen-bond acceptors (Lipinski definition) is 6. The number of alkyl carbamates (subject to hydrolysis) is 1. The summed E-state index contributed by atoms with van der Waals surface area (Å²) in [6.07, 6.45) is 1.18. The molecule has 2 atom stereocenters. The zero-order chi connectivity index (χ0) is 21.6. The third-order valence-electron chi connectivity index (χ3n) is 5.01. The smallest absolute Gasteiger partial charge is 0.414 e. The Kier molecular flexibility index (Phi) is 8.33. The van der Waals surface area contributed by atoms with Gasteiger partial charge >= 0.3 is 6.09 Å². The van der Waals surface area contributed by atoms with Crippen LogP contribution < -0.4 is 15.8 Å². The minimum atomic E-state index is -0.746. The van der Waals surface area contributed by atoms with E-state index in [1.54, 1.807) is 18.3 Å². The van der Waals surface area contributed by atoms with Crippen LogP contribution in [0.25, 0.3) is 10.2 Å². The highest BCUT2D eigenvalue weighted by molar-refractivity contribution is 7.18. The molecule has 0 saturated heterocycles. The minimum Gasteiger partial charge on any atom is -0.450 e. The number of thiophene rings is 1. The van der Waals surface area contributed by atoms with Gasteiger partial charge in [0.1, 0.15) is 11.4 Å². The Labute approximate surface area is 174 Å². The van der Waals surface area contributed by atoms with Crippen molar-refractivity contribution in [2.75, 3.05) is 19.7 Å². The quantitative estimate of drug-likeness (QED) is 0.568. The molecule has 2 heterocycles. The highest BCUT2D eigenvalue weighted by atomic mass is 32.1. The Bertz CT molecular complexity index is 921. The fourth-order valence-electron chi connectivity index (χ4n) is 3.14. The number of fused-ring (bicyclic) bond motifs is 1. The molecule has 8 nitrogen and oxygen atoms in total. The maximum Gasteiger partial charge on any atom is 0.414 e. The van der Waals surface area contributed by atoms with Gasteiger partial charge in [-0.05, 0) is 38.7 Å². The second kappa shape index (κ2) is 10.5. The largest absolute Gasteiger partial charge is 0.450 e. The second-order valence-electron chi connectivity index (χ2n) is 7.27. The number of aryl methyl sites for hydroxylation is 1. The van der Waals surface area contributed by atoms with Gasteiger partial charge in [-0.25, -0.2) is 9.78 Å². The summed E-state index contributed by atoms with van der Waals surface area (Å²) in [5.74, 6) is 0.620. The van der Waals surface area contributed by atoms with Crippen molar-refractivity contribution in [2.24, 2.45) is 5.92 Å². The first-order chi connectivity index (χ1) is 13.8. The van der Waals surface area contributed by atoms with Crippen LogP contribution in [0.1, 0.15) is 50.4 Å². The van der Waals surface area contributed by atoms with E-state index in [1.165, 1.54) is 0 Å². The number of amides is 2. The molecule has 0 bridgehead atoms. The highest BCUT2D eigenvalue weighted by Gasteiger charge is 2.20. The summed E-state index contributed by atoms with van der Waals surface area (Å²) in [5, 5.41) is 2.89. The zero-order valence-corrected chi connectivity index (χ0v) is 18.6. The first-order valence-electron chi connectivity index (χ1n) is 10.1. The van der Waals surface area contributed by atoms with E-state index in [2.05, 4.69) is 29.1 Å². The van der Waals surface area contributed by atoms with Gasteiger partial charge in [0.2, 0.25) is 0 Å². The molecule has 9 heteroatoms. The standard InChI is InChI=1S/C20H30N4O4S/c1-6-12(4)9-14-13(5)29-19-17(14)18(26)21-15(22-19)10-24(7-2)11-16(25)23-20(27)28-8-3/h12H,6-11H2,1-5H3,(H,21,22,26)(H,23,25,27)/p+1/t12-/m1/s1. The first kappa shape index (κ1) is 23.0. The van der Waals surface area contributed by atoms with Crippen LogP contribution in [-0.4, -0.2) is 41.7 Å². The molecule has 2 aromatic rings. The van der Waals surface area contributed by atoms with E-state index in [9.17, 15) is 14.4 Å². The van der Waals surface area contributed by atoms with Crippen LogP contribution in [0, 0.1) is 12.8 Å². The number of imide groups is 1. The Balaban J connectivity index is 2.18. The molecule has 0 aromatic carbocycles. The summed E-state index contributed by atoms with van der Waals surface area (Å²) in [4.78, 5) is 46.5. The van der Waals surface area contributed by atoms with Crippen molar-refractivity contribution >= 4 is 33.6 Å². The predicted octanol–water partition coefficient (Wildman–Crippen LogP) is 1.56. The van der Waals surface area contributed by atoms with Gasteiger partial charge in [-0.1, -0.05) is 20.3 Å². The van der Waals surface area contributed by atoms with Gasteiger partial charge < -0.3 is 14.6 Å². The van der Waals surface area contributed by atoms with Gasteiger partial charge in [-0.15, -0.1) is 11.3 Å². The molecule has 0 aliphatic carbocycles. The SMILES string of the molecule is CCOC(=O)NC(=O)C[NH+](CC)Cc1nc2sc(C)c(C[C@H](C)CC)c2c(=O)[nH]1. The monoisotopic (exact) mass is 423 g/mol. The van der Waals surface area contributed by atoms with E-state index in [4.69, 9.17) is 4.74 Å². The van der Waals surface area contributed by atoms with Crippen LogP contribution in [0.15, 0.2) is 4.79 Å². The lowest BCUT2D eigenvalue weighted by molar-refractivity contribution is -0.904. The summed E-state index contributed by atoms with van der Waals surface area (Å²) in [5.41, 5.74) is 0.965. The number of ether oxygens (including phenoxy) is 1. The van der Waals surface area contributed by atoms with Gasteiger partial charge in [0, 0.05) is 4.88 Å². The lowest BCUT2D eigenvalue weighted by Gasteiger charge is -2.16. The van der Waals surface area contributed by atoms with E-state index >= 15 is 0 Å². The number of aromatic nitrogens is 2. The molecule has 2 aromatic heterocycles. The number of carbonyl (C=O) groups is 2. The molecular weight excluding hydrogens is 392 g/mol. The molecule has 160 valence electrons. The van der Waals surface area contributed by atoms with Crippen molar-refractivity contribution in [3.05, 3.63) is 26.6 Å². The Morgan fingerprint density at radius 1 is 1.31 bits per heavy atom. The van der Waals surface area contributed by atoms with Crippen molar-refractivity contribution in [2.45, 2.75) is 54.0 Å². The summed E-state index contributed by atoms with van der Waals surface area (Å²) in [7, 11) is 0. The number of H-pyrrole nitrogens is 1. The molecular formula is C20H31N4O4S+. The van der Waals surface area contributed by atoms with E-state index < -0.39 is 12.0 Å². The molecule has 0 spiro atoms. The number of nitrogens with zero attached hydrogens (tertiary/aromatic N) is 1. The van der Waals surface area contributed by atoms with Gasteiger partial charge in [0.05, 0.1) is 18.5 Å². The molecule has 1 unspecified atom stereocenters. The number of nitrogens with one attached hydrogen (secondary N) is 3. The van der Waals surface area contributed by atoms with Crippen molar-refractivity contribution in [1.82, 2.24) is 15.3 Å². The van der Waals surface area contributed by atoms with E-state index in [0.717, 1.165) is 33.0 Å². The van der Waals surface area contributed by atoms with E-state index in [-0.39, 0.29) is 18.7 Å². The van der Waals surface area contributed by atoms with Crippen molar-refractivity contribution < 1.29 is 19.2 Å². The van der Waals surface area contributed by atoms with Crippen LogP contribution in [0.5, 0.6) is 0 Å². The van der Waals surface area contributed by atoms with Crippen LogP contribution >= 0.6 is 11.3 Å². The normalized spacial score (nSPS) is 13.3. The molecule has 0 fully saturated rings. The lowest BCUT2D eigenvalue weighted by atomic mass is 9.98. The third-order valence-corrected chi connectivity index (χ3v) is 6.05. The van der Waals surface area contributed by atoms with Crippen molar-refractivity contribution in [1.29, 1.82) is 0 Å². The zero-order valence-electron chi connectivity index (χ0n) is 17.8. The molecule has 0 radical (unpaired) electrons. The number of likely N-dealkylation sites (N-methyl/N-ethyl adjacent to an activating group) is 1. The van der Waals surface area contributed by atoms with Gasteiger partial charge in [0.25, 0.3) is 11.5 Å². The second-order valence-corrected chi connectivity index (χ2v) is 8.48. The summed E-state index contributed by atoms with van der Waals surface area (Å²) in [6, 6.07) is 0. The van der Waals surface area contributed by atoms with E-state index in [0.29, 0.717) is 30.2 Å². The average molecular weight is 424 g/mol. The van der Waals surface area contributed by atoms with Crippen LogP contribution in [0.3, 0.4) is 0 Å². The number of rotatable bonds is 9. The first-order valence-corrected chi connectivity index (χ1v) is 10.9. The van der Waals surface area contributed by atoms with Crippen molar-refractivity contribution in [3.63, 3.8) is 0 Å². The molecule has 2 rings (SSSR count). The third kappa shape index (κ3) is 6.11. The Hall–Kier alpha value is -2.26. The summed E-state index contributed by atoms with van der Waals surface area (Å²) >= 11 is 1.54. The molecule has 0 aliphatic heterocycles. The highest BCUT2D eigenvalue weighted by Crippen LogP contribution is 2.29. The lowest BCUT2D eigenvalue weighted by Crippen LogP contribution is -3.11. The predicted molar refractivity (Wildman–Crippen MR) is 113 cm³/mol. The average Bonchev–Trinajstić information content (AvgIpc) is 2.96. The molecule has 0 saturated carbocycles. The molecule has 3 N–H and O–H groups in total. The maximum atomic E-state index is 12.8. The number of quaternary nitrogens is 1. The fraction of sp³-hybridized carbons (Fsp3) is 0.600. The van der Waals surface area contributed by atoms with Gasteiger partial charge in [0.15, 0.2) is 12.4 Å². The Morgan fingerprint density at radius 2 is 2.03 bits per heavy atom. The van der Waals surface area contributed by atoms with Crippen molar-refractivity contribution in [3.8, 4) is 0 Å². The minimum absolute atomic E-state index is 0.0831. The number of aromatic amines is 1. The van der Waals surface area contributed by atoms with E-state index in [1.807, 2.05) is 13.8 Å². The maximum absolute atomic E-state index is 12.8. The summed E-state index contributed by atoms with van der Waals surface area (Å²) < 4.78 is 4.72. The van der Waals surface area contributed by atoms with Crippen LogP contribution in [0.4, 0.5) is 4.79 Å². The molecule has 29 heavy (non-hydrogen) atoms. The fourth-order valence-corrected chi connectivity index (χ4v) is 4.22. The van der Waals surface area contributed by atoms with Crippen LogP contribution in [0.2, 0.25) is 0 Å². The number of carbonyl (C=O) groups excluding carboxylic acids is 2. The molecule has 2 amide bonds. The number of hydrogen-bond donors (Lipinski definition) is 3. The van der Waals surface area contributed by atoms with Crippen LogP contribution in [-0.2, 0) is 22.5 Å². The molecule has 0 aliphatic rings. The summed E-state index contributed by atoms with van der Waals surface area (Å²) in [6.45, 7) is 11.3.